The Labute approximate surface area is 222 Å². The summed E-state index contributed by atoms with van der Waals surface area (Å²) in [5.41, 5.74) is 3.24. The predicted molar refractivity (Wildman–Crippen MR) is 144 cm³/mol. The maximum Gasteiger partial charge on any atom is 0.249 e. The first-order valence-corrected chi connectivity index (χ1v) is 14.3. The molecule has 200 valence electrons. The van der Waals surface area contributed by atoms with Crippen molar-refractivity contribution >= 4 is 32.4 Å². The number of rotatable bonds is 15. The lowest BCUT2D eigenvalue weighted by atomic mass is 10.0. The Morgan fingerprint density at radius 3 is 2.11 bits per heavy atom. The topological polar surface area (TPSA) is 121 Å². The van der Waals surface area contributed by atoms with Gasteiger partial charge in [-0.1, -0.05) is 65.9 Å². The van der Waals surface area contributed by atoms with E-state index in [1.54, 1.807) is 6.92 Å². The second-order valence-corrected chi connectivity index (χ2v) is 10.9. The van der Waals surface area contributed by atoms with Crippen molar-refractivity contribution in [1.82, 2.24) is 4.98 Å². The van der Waals surface area contributed by atoms with Crippen LogP contribution in [0.15, 0.2) is 58.8 Å². The largest absolute Gasteiger partial charge is 0.379 e. The average Bonchev–Trinajstić information content (AvgIpc) is 3.28. The molecule has 1 aromatic heterocycles. The lowest BCUT2D eigenvalue weighted by Gasteiger charge is -2.20. The van der Waals surface area contributed by atoms with Crippen molar-refractivity contribution in [3.63, 3.8) is 0 Å². The number of carbonyl (C=O) groups excluding carboxylic acids is 1. The second-order valence-electron chi connectivity index (χ2n) is 8.12. The van der Waals surface area contributed by atoms with E-state index in [2.05, 4.69) is 4.98 Å². The number of hydrogen-bond donors (Lipinski definition) is 1. The minimum absolute atomic E-state index is 0.0591. The first-order chi connectivity index (χ1) is 17.8. The van der Waals surface area contributed by atoms with Gasteiger partial charge in [0.15, 0.2) is 9.34 Å². The van der Waals surface area contributed by atoms with E-state index in [-0.39, 0.29) is 40.5 Å². The predicted octanol–water partition coefficient (Wildman–Crippen LogP) is 3.41. The Bertz CT molecular complexity index is 1230. The van der Waals surface area contributed by atoms with Gasteiger partial charge in [-0.25, -0.2) is 18.5 Å². The van der Waals surface area contributed by atoms with Gasteiger partial charge in [-0.15, -0.1) is 0 Å². The Balaban J connectivity index is 1.65. The van der Waals surface area contributed by atoms with Gasteiger partial charge in [0.2, 0.25) is 15.9 Å². The van der Waals surface area contributed by atoms with E-state index in [1.807, 2.05) is 61.5 Å². The first-order valence-electron chi connectivity index (χ1n) is 12.0. The summed E-state index contributed by atoms with van der Waals surface area (Å²) in [5, 5.41) is 5.59. The quantitative estimate of drug-likeness (QED) is 0.290. The molecule has 9 nitrogen and oxygen atoms in total. The molecule has 0 saturated carbocycles. The number of anilines is 1. The number of amides is 1. The number of aromatic nitrogens is 1. The van der Waals surface area contributed by atoms with Gasteiger partial charge in [0, 0.05) is 6.61 Å². The Morgan fingerprint density at radius 2 is 1.51 bits per heavy atom. The molecule has 0 radical (unpaired) electrons. The van der Waals surface area contributed by atoms with Gasteiger partial charge in [0.1, 0.15) is 0 Å². The number of ether oxygens (including phenoxy) is 3. The van der Waals surface area contributed by atoms with Crippen molar-refractivity contribution in [3.05, 3.63) is 65.9 Å². The van der Waals surface area contributed by atoms with E-state index in [9.17, 15) is 13.2 Å². The zero-order chi connectivity index (χ0) is 26.7. The van der Waals surface area contributed by atoms with Gasteiger partial charge in [-0.2, -0.15) is 0 Å². The summed E-state index contributed by atoms with van der Waals surface area (Å²) in [5.74, 6) is -0.223. The third-order valence-electron chi connectivity index (χ3n) is 5.36. The Morgan fingerprint density at radius 1 is 0.919 bits per heavy atom. The van der Waals surface area contributed by atoms with Gasteiger partial charge in [-0.3, -0.25) is 9.69 Å². The van der Waals surface area contributed by atoms with Gasteiger partial charge in [-0.05, 0) is 30.5 Å². The van der Waals surface area contributed by atoms with Crippen LogP contribution >= 0.6 is 11.3 Å². The summed E-state index contributed by atoms with van der Waals surface area (Å²) in [6.45, 7) is 6.33. The van der Waals surface area contributed by atoms with E-state index >= 15 is 0 Å². The molecule has 11 heteroatoms. The fourth-order valence-electron chi connectivity index (χ4n) is 3.53. The van der Waals surface area contributed by atoms with Crippen molar-refractivity contribution < 1.29 is 27.4 Å². The fraction of sp³-hybridized carbons (Fsp3) is 0.385. The molecule has 1 amide bonds. The third-order valence-corrected chi connectivity index (χ3v) is 8.09. The molecule has 0 unspecified atom stereocenters. The molecule has 3 rings (SSSR count). The van der Waals surface area contributed by atoms with Crippen LogP contribution in [0.2, 0.25) is 0 Å². The molecule has 0 spiro atoms. The molecule has 2 aromatic carbocycles. The number of sulfonamides is 1. The molecule has 0 fully saturated rings. The number of nitrogens with two attached hydrogens (primary N) is 1. The average molecular weight is 548 g/mol. The monoisotopic (exact) mass is 547 g/mol. The minimum atomic E-state index is -3.94. The highest BCUT2D eigenvalue weighted by atomic mass is 32.2. The van der Waals surface area contributed by atoms with Crippen LogP contribution in [0.4, 0.5) is 5.13 Å². The van der Waals surface area contributed by atoms with Crippen LogP contribution in [0.25, 0.3) is 11.1 Å². The highest BCUT2D eigenvalue weighted by molar-refractivity contribution is 7.91. The molecule has 0 bridgehead atoms. The van der Waals surface area contributed by atoms with Crippen LogP contribution in [0.1, 0.15) is 18.2 Å². The standard InChI is InChI=1S/C26H33N3O6S2/c1-3-33-15-16-35-18-17-34-14-13-29(26-28-20(2)25(36-26)37(27,31)32)24(30)19-21-9-11-23(12-10-21)22-7-5-4-6-8-22/h4-12H,3,13-19H2,1-2H3,(H2,27,31,32). The van der Waals surface area contributed by atoms with Crippen molar-refractivity contribution in [1.29, 1.82) is 0 Å². The van der Waals surface area contributed by atoms with Crippen LogP contribution in [-0.2, 0) is 35.4 Å². The van der Waals surface area contributed by atoms with Crippen LogP contribution in [-0.4, -0.2) is 65.5 Å². The molecule has 2 N–H and O–H groups in total. The normalized spacial score (nSPS) is 11.5. The van der Waals surface area contributed by atoms with Crippen molar-refractivity contribution in [3.8, 4) is 11.1 Å². The van der Waals surface area contributed by atoms with E-state index in [0.717, 1.165) is 28.0 Å². The molecular weight excluding hydrogens is 514 g/mol. The zero-order valence-corrected chi connectivity index (χ0v) is 22.7. The highest BCUT2D eigenvalue weighted by Gasteiger charge is 2.24. The van der Waals surface area contributed by atoms with Gasteiger partial charge >= 0.3 is 0 Å². The van der Waals surface area contributed by atoms with Crippen LogP contribution in [0.5, 0.6) is 0 Å². The van der Waals surface area contributed by atoms with Gasteiger partial charge in [0.05, 0.1) is 51.7 Å². The minimum Gasteiger partial charge on any atom is -0.379 e. The van der Waals surface area contributed by atoms with E-state index in [1.165, 1.54) is 4.90 Å². The molecule has 37 heavy (non-hydrogen) atoms. The number of aryl methyl sites for hydroxylation is 1. The number of primary sulfonamides is 1. The van der Waals surface area contributed by atoms with Crippen LogP contribution in [0.3, 0.4) is 0 Å². The number of carbonyl (C=O) groups is 1. The smallest absolute Gasteiger partial charge is 0.249 e. The molecule has 3 aromatic rings. The van der Waals surface area contributed by atoms with Crippen LogP contribution in [0, 0.1) is 6.92 Å². The SMILES string of the molecule is CCOCCOCCOCCN(C(=O)Cc1ccc(-c2ccccc2)cc1)c1nc(C)c(S(N)(=O)=O)s1. The maximum atomic E-state index is 13.3. The summed E-state index contributed by atoms with van der Waals surface area (Å²) in [7, 11) is -3.94. The molecule has 0 atom stereocenters. The molecule has 0 aliphatic carbocycles. The van der Waals surface area contributed by atoms with Crippen LogP contribution < -0.4 is 10.0 Å². The molecule has 0 saturated heterocycles. The molecular formula is C26H33N3O6S2. The summed E-state index contributed by atoms with van der Waals surface area (Å²) in [4.78, 5) is 19.1. The van der Waals surface area contributed by atoms with Crippen molar-refractivity contribution in [2.45, 2.75) is 24.5 Å². The highest BCUT2D eigenvalue weighted by Crippen LogP contribution is 2.29. The lowest BCUT2D eigenvalue weighted by molar-refractivity contribution is -0.118. The van der Waals surface area contributed by atoms with Gasteiger partial charge < -0.3 is 14.2 Å². The van der Waals surface area contributed by atoms with E-state index in [0.29, 0.717) is 33.0 Å². The maximum absolute atomic E-state index is 13.3. The second kappa shape index (κ2) is 14.3. The summed E-state index contributed by atoms with van der Waals surface area (Å²) >= 11 is 0.880. The molecule has 0 aliphatic heterocycles. The molecule has 1 heterocycles. The third kappa shape index (κ3) is 8.99. The first kappa shape index (κ1) is 28.9. The summed E-state index contributed by atoms with van der Waals surface area (Å²) in [6, 6.07) is 17.8. The number of nitrogens with zero attached hydrogens (tertiary/aromatic N) is 2. The van der Waals surface area contributed by atoms with Crippen molar-refractivity contribution in [2.75, 3.05) is 51.1 Å². The number of thiazole rings is 1. The lowest BCUT2D eigenvalue weighted by Crippen LogP contribution is -2.35. The number of hydrogen-bond acceptors (Lipinski definition) is 8. The summed E-state index contributed by atoms with van der Waals surface area (Å²) < 4.78 is 40.1. The molecule has 0 aliphatic rings. The fourth-order valence-corrected chi connectivity index (χ4v) is 5.52. The van der Waals surface area contributed by atoms with E-state index in [4.69, 9.17) is 19.3 Å². The summed E-state index contributed by atoms with van der Waals surface area (Å²) in [6.07, 6.45) is 0.124. The zero-order valence-electron chi connectivity index (χ0n) is 21.1. The van der Waals surface area contributed by atoms with E-state index < -0.39 is 10.0 Å². The Hall–Kier alpha value is -2.67. The van der Waals surface area contributed by atoms with Crippen molar-refractivity contribution in [2.24, 2.45) is 5.14 Å². The Kier molecular flexibility index (Phi) is 11.2. The van der Waals surface area contributed by atoms with Gasteiger partial charge in [0.25, 0.3) is 0 Å². The number of benzene rings is 2.